The Morgan fingerprint density at radius 1 is 1.06 bits per heavy atom. The molecule has 0 amide bonds. The molecule has 0 aromatic carbocycles. The van der Waals surface area contributed by atoms with Crippen LogP contribution in [0.2, 0.25) is 6.32 Å². The molecule has 0 N–H and O–H groups in total. The van der Waals surface area contributed by atoms with Crippen molar-refractivity contribution in [3.8, 4) is 0 Å². The molecular formula is C13H26BNO2. The number of piperidine rings is 1. The Bertz CT molecular complexity index is 257. The van der Waals surface area contributed by atoms with Gasteiger partial charge in [-0.3, -0.25) is 0 Å². The molecule has 2 heterocycles. The standard InChI is InChI=1S/C13H26BNO2/c1-12(2)13(3,4)17-14(16-12)10-11-6-8-15(5)9-7-11/h11H,6-10H2,1-5H3. The molecule has 4 heteroatoms. The summed E-state index contributed by atoms with van der Waals surface area (Å²) < 4.78 is 12.1. The van der Waals surface area contributed by atoms with Gasteiger partial charge >= 0.3 is 7.12 Å². The number of rotatable bonds is 2. The third-order valence-electron chi connectivity index (χ3n) is 4.67. The second-order valence-electron chi connectivity index (χ2n) is 6.67. The molecule has 2 saturated heterocycles. The van der Waals surface area contributed by atoms with E-state index in [4.69, 9.17) is 9.31 Å². The third-order valence-corrected chi connectivity index (χ3v) is 4.67. The third kappa shape index (κ3) is 2.86. The molecule has 2 aliphatic rings. The van der Waals surface area contributed by atoms with Gasteiger partial charge < -0.3 is 14.2 Å². The fraction of sp³-hybridized carbons (Fsp3) is 1.00. The molecule has 0 radical (unpaired) electrons. The minimum atomic E-state index is -0.177. The van der Waals surface area contributed by atoms with Crippen LogP contribution >= 0.6 is 0 Å². The van der Waals surface area contributed by atoms with Crippen molar-refractivity contribution < 1.29 is 9.31 Å². The van der Waals surface area contributed by atoms with Crippen molar-refractivity contribution in [3.63, 3.8) is 0 Å². The van der Waals surface area contributed by atoms with Crippen LogP contribution in [0.1, 0.15) is 40.5 Å². The van der Waals surface area contributed by atoms with Gasteiger partial charge in [-0.05, 0) is 72.9 Å². The van der Waals surface area contributed by atoms with Gasteiger partial charge in [-0.2, -0.15) is 0 Å². The summed E-state index contributed by atoms with van der Waals surface area (Å²) in [6.45, 7) is 10.9. The first-order valence-corrected chi connectivity index (χ1v) is 6.84. The van der Waals surface area contributed by atoms with Crippen molar-refractivity contribution in [2.24, 2.45) is 5.92 Å². The fourth-order valence-corrected chi connectivity index (χ4v) is 2.63. The SMILES string of the molecule is CN1CCC(CB2OC(C)(C)C(C)(C)O2)CC1. The molecule has 0 bridgehead atoms. The first kappa shape index (κ1) is 13.4. The number of hydrogen-bond donors (Lipinski definition) is 0. The average Bonchev–Trinajstić information content (AvgIpc) is 2.39. The first-order chi connectivity index (χ1) is 7.80. The van der Waals surface area contributed by atoms with E-state index < -0.39 is 0 Å². The quantitative estimate of drug-likeness (QED) is 0.691. The monoisotopic (exact) mass is 239 g/mol. The molecule has 3 nitrogen and oxygen atoms in total. The molecule has 0 unspecified atom stereocenters. The smallest absolute Gasteiger partial charge is 0.403 e. The Morgan fingerprint density at radius 3 is 2.00 bits per heavy atom. The minimum absolute atomic E-state index is 0.00611. The van der Waals surface area contributed by atoms with Gasteiger partial charge in [0, 0.05) is 0 Å². The van der Waals surface area contributed by atoms with E-state index in [0.717, 1.165) is 12.2 Å². The molecule has 98 valence electrons. The van der Waals surface area contributed by atoms with Crippen LogP contribution < -0.4 is 0 Å². The van der Waals surface area contributed by atoms with Gasteiger partial charge in [-0.25, -0.2) is 0 Å². The largest absolute Gasteiger partial charge is 0.458 e. The Hall–Kier alpha value is -0.0551. The summed E-state index contributed by atoms with van der Waals surface area (Å²) in [6.07, 6.45) is 3.61. The second kappa shape index (κ2) is 4.56. The molecule has 17 heavy (non-hydrogen) atoms. The van der Waals surface area contributed by atoms with E-state index in [0.29, 0.717) is 0 Å². The molecule has 2 rings (SSSR count). The maximum atomic E-state index is 6.06. The van der Waals surface area contributed by atoms with Gasteiger partial charge in [0.05, 0.1) is 11.2 Å². The maximum Gasteiger partial charge on any atom is 0.458 e. The lowest BCUT2D eigenvalue weighted by Crippen LogP contribution is -2.41. The predicted molar refractivity (Wildman–Crippen MR) is 71.1 cm³/mol. The number of likely N-dealkylation sites (tertiary alicyclic amines) is 1. The lowest BCUT2D eigenvalue weighted by molar-refractivity contribution is 0.00578. The highest BCUT2D eigenvalue weighted by Gasteiger charge is 2.51. The van der Waals surface area contributed by atoms with Crippen molar-refractivity contribution in [2.45, 2.75) is 58.1 Å². The lowest BCUT2D eigenvalue weighted by atomic mass is 9.74. The Kier molecular flexibility index (Phi) is 3.59. The van der Waals surface area contributed by atoms with E-state index in [1.165, 1.54) is 25.9 Å². The van der Waals surface area contributed by atoms with E-state index in [9.17, 15) is 0 Å². The zero-order valence-corrected chi connectivity index (χ0v) is 12.0. The zero-order chi connectivity index (χ0) is 12.7. The topological polar surface area (TPSA) is 21.7 Å². The van der Waals surface area contributed by atoms with Crippen molar-refractivity contribution >= 4 is 7.12 Å². The summed E-state index contributed by atoms with van der Waals surface area (Å²) in [5.74, 6) is 0.765. The molecule has 0 aromatic heterocycles. The number of hydrogen-bond acceptors (Lipinski definition) is 3. The fourth-order valence-electron chi connectivity index (χ4n) is 2.63. The van der Waals surface area contributed by atoms with Crippen molar-refractivity contribution in [1.82, 2.24) is 4.90 Å². The summed E-state index contributed by atoms with van der Waals surface area (Å²) in [5.41, 5.74) is -0.355. The zero-order valence-electron chi connectivity index (χ0n) is 12.0. The van der Waals surface area contributed by atoms with Crippen molar-refractivity contribution in [1.29, 1.82) is 0 Å². The predicted octanol–water partition coefficient (Wildman–Crippen LogP) is 2.42. The normalized spacial score (nSPS) is 29.8. The Labute approximate surface area is 106 Å². The maximum absolute atomic E-state index is 6.06. The molecule has 0 aromatic rings. The molecule has 0 saturated carbocycles. The summed E-state index contributed by atoms with van der Waals surface area (Å²) in [4.78, 5) is 2.40. The van der Waals surface area contributed by atoms with Gasteiger partial charge in [-0.1, -0.05) is 0 Å². The molecule has 0 spiro atoms. The van der Waals surface area contributed by atoms with E-state index >= 15 is 0 Å². The van der Waals surface area contributed by atoms with Gasteiger partial charge in [0.2, 0.25) is 0 Å². The Morgan fingerprint density at radius 2 is 1.53 bits per heavy atom. The summed E-state index contributed by atoms with van der Waals surface area (Å²) in [5, 5.41) is 0. The average molecular weight is 239 g/mol. The highest BCUT2D eigenvalue weighted by Crippen LogP contribution is 2.39. The molecule has 2 fully saturated rings. The van der Waals surface area contributed by atoms with Crippen LogP contribution in [0.3, 0.4) is 0 Å². The van der Waals surface area contributed by atoms with Gasteiger partial charge in [-0.15, -0.1) is 0 Å². The van der Waals surface area contributed by atoms with Gasteiger partial charge in [0.1, 0.15) is 0 Å². The van der Waals surface area contributed by atoms with Crippen LogP contribution in [0, 0.1) is 5.92 Å². The van der Waals surface area contributed by atoms with Crippen LogP contribution in [0.5, 0.6) is 0 Å². The summed E-state index contributed by atoms with van der Waals surface area (Å²) >= 11 is 0. The first-order valence-electron chi connectivity index (χ1n) is 6.84. The molecule has 0 aliphatic carbocycles. The molecular weight excluding hydrogens is 213 g/mol. The van der Waals surface area contributed by atoms with Crippen LogP contribution in [-0.4, -0.2) is 43.4 Å². The van der Waals surface area contributed by atoms with Crippen LogP contribution in [-0.2, 0) is 9.31 Å². The van der Waals surface area contributed by atoms with Crippen molar-refractivity contribution in [3.05, 3.63) is 0 Å². The summed E-state index contributed by atoms with van der Waals surface area (Å²) in [7, 11) is 2.19. The molecule has 0 atom stereocenters. The van der Waals surface area contributed by atoms with E-state index in [1.54, 1.807) is 0 Å². The minimum Gasteiger partial charge on any atom is -0.403 e. The van der Waals surface area contributed by atoms with Gasteiger partial charge in [0.25, 0.3) is 0 Å². The Balaban J connectivity index is 1.86. The van der Waals surface area contributed by atoms with E-state index in [2.05, 4.69) is 39.6 Å². The highest BCUT2D eigenvalue weighted by molar-refractivity contribution is 6.45. The van der Waals surface area contributed by atoms with Crippen LogP contribution in [0.4, 0.5) is 0 Å². The highest BCUT2D eigenvalue weighted by atomic mass is 16.7. The lowest BCUT2D eigenvalue weighted by Gasteiger charge is -2.32. The summed E-state index contributed by atoms with van der Waals surface area (Å²) in [6, 6.07) is 0. The molecule has 2 aliphatic heterocycles. The van der Waals surface area contributed by atoms with Crippen LogP contribution in [0.15, 0.2) is 0 Å². The van der Waals surface area contributed by atoms with E-state index in [-0.39, 0.29) is 18.3 Å². The number of nitrogens with zero attached hydrogens (tertiary/aromatic N) is 1. The van der Waals surface area contributed by atoms with Crippen molar-refractivity contribution in [2.75, 3.05) is 20.1 Å². The van der Waals surface area contributed by atoms with Gasteiger partial charge in [0.15, 0.2) is 0 Å². The second-order valence-corrected chi connectivity index (χ2v) is 6.67. The van der Waals surface area contributed by atoms with Crippen LogP contribution in [0.25, 0.3) is 0 Å². The van der Waals surface area contributed by atoms with E-state index in [1.807, 2.05) is 0 Å².